The van der Waals surface area contributed by atoms with Gasteiger partial charge in [-0.15, -0.1) is 0 Å². The maximum absolute atomic E-state index is 13.5. The molecule has 1 aromatic carbocycles. The number of nitrogens with zero attached hydrogens (tertiary/aromatic N) is 3. The summed E-state index contributed by atoms with van der Waals surface area (Å²) in [4.78, 5) is 7.76. The highest BCUT2D eigenvalue weighted by Crippen LogP contribution is 2.21. The molecule has 0 spiro atoms. The number of nitrogens with one attached hydrogen (secondary N) is 1. The van der Waals surface area contributed by atoms with Crippen molar-refractivity contribution in [3.63, 3.8) is 0 Å². The minimum atomic E-state index is -0.398. The first-order valence-electron chi connectivity index (χ1n) is 4.63. The van der Waals surface area contributed by atoms with Crippen molar-refractivity contribution in [2.24, 2.45) is 0 Å². The Labute approximate surface area is 105 Å². The summed E-state index contributed by atoms with van der Waals surface area (Å²) < 4.78 is 14.1. The van der Waals surface area contributed by atoms with Crippen LogP contribution in [0.15, 0.2) is 35.1 Å². The van der Waals surface area contributed by atoms with Crippen LogP contribution in [0, 0.1) is 17.1 Å². The second-order valence-corrected chi connectivity index (χ2v) is 4.06. The third-order valence-electron chi connectivity index (χ3n) is 1.96. The predicted molar refractivity (Wildman–Crippen MR) is 64.1 cm³/mol. The molecule has 0 unspecified atom stereocenters. The summed E-state index contributed by atoms with van der Waals surface area (Å²) in [5.74, 6) is -0.0178. The minimum absolute atomic E-state index is 0.215. The molecule has 2 aromatic rings. The van der Waals surface area contributed by atoms with E-state index in [0.717, 1.165) is 0 Å². The first-order chi connectivity index (χ1) is 8.19. The number of hydrogen-bond donors (Lipinski definition) is 1. The SMILES string of the molecule is N#Cc1cnc(Nc2ccc(Br)cc2F)cn1. The van der Waals surface area contributed by atoms with Gasteiger partial charge in [0.2, 0.25) is 0 Å². The Balaban J connectivity index is 2.23. The van der Waals surface area contributed by atoms with Crippen LogP contribution >= 0.6 is 15.9 Å². The molecule has 0 aliphatic carbocycles. The van der Waals surface area contributed by atoms with E-state index in [9.17, 15) is 4.39 Å². The fourth-order valence-corrected chi connectivity index (χ4v) is 1.51. The standard InChI is InChI=1S/C11H6BrFN4/c12-7-1-2-10(9(13)3-7)17-11-6-15-8(4-14)5-16-11/h1-3,5-6H,(H,16,17). The molecular weight excluding hydrogens is 287 g/mol. The van der Waals surface area contributed by atoms with Gasteiger partial charge in [-0.05, 0) is 18.2 Å². The van der Waals surface area contributed by atoms with Crippen LogP contribution in [0.4, 0.5) is 15.9 Å². The highest BCUT2D eigenvalue weighted by atomic mass is 79.9. The molecule has 4 nitrogen and oxygen atoms in total. The normalized spacial score (nSPS) is 9.71. The molecule has 6 heteroatoms. The Morgan fingerprint density at radius 2 is 2.12 bits per heavy atom. The fraction of sp³-hybridized carbons (Fsp3) is 0. The number of benzene rings is 1. The molecule has 0 bridgehead atoms. The molecular formula is C11H6BrFN4. The van der Waals surface area contributed by atoms with Gasteiger partial charge < -0.3 is 5.32 Å². The lowest BCUT2D eigenvalue weighted by molar-refractivity contribution is 0.631. The Kier molecular flexibility index (Phi) is 3.30. The first-order valence-corrected chi connectivity index (χ1v) is 5.42. The Bertz CT molecular complexity index is 577. The number of aromatic nitrogens is 2. The smallest absolute Gasteiger partial charge is 0.158 e. The van der Waals surface area contributed by atoms with Crippen LogP contribution in [-0.2, 0) is 0 Å². The summed E-state index contributed by atoms with van der Waals surface area (Å²) in [5.41, 5.74) is 0.513. The molecule has 1 N–H and O–H groups in total. The van der Waals surface area contributed by atoms with Crippen LogP contribution in [0.5, 0.6) is 0 Å². The van der Waals surface area contributed by atoms with Gasteiger partial charge in [0.05, 0.1) is 18.1 Å². The summed E-state index contributed by atoms with van der Waals surface area (Å²) in [6.07, 6.45) is 2.69. The van der Waals surface area contributed by atoms with Crippen molar-refractivity contribution in [3.8, 4) is 6.07 Å². The second kappa shape index (κ2) is 4.89. The quantitative estimate of drug-likeness (QED) is 0.924. The summed E-state index contributed by atoms with van der Waals surface area (Å²) in [6, 6.07) is 6.50. The molecule has 2 rings (SSSR count). The van der Waals surface area contributed by atoms with E-state index in [0.29, 0.717) is 16.0 Å². The van der Waals surface area contributed by atoms with E-state index in [2.05, 4.69) is 31.2 Å². The molecule has 0 aliphatic heterocycles. The first kappa shape index (κ1) is 11.5. The van der Waals surface area contributed by atoms with Crippen LogP contribution in [0.25, 0.3) is 0 Å². The number of halogens is 2. The topological polar surface area (TPSA) is 61.6 Å². The van der Waals surface area contributed by atoms with Gasteiger partial charge in [0.15, 0.2) is 5.69 Å². The number of nitriles is 1. The third kappa shape index (κ3) is 2.77. The zero-order valence-electron chi connectivity index (χ0n) is 8.48. The predicted octanol–water partition coefficient (Wildman–Crippen LogP) is 2.99. The van der Waals surface area contributed by atoms with Crippen LogP contribution in [0.2, 0.25) is 0 Å². The van der Waals surface area contributed by atoms with E-state index in [1.807, 2.05) is 6.07 Å². The van der Waals surface area contributed by atoms with Crippen molar-refractivity contribution in [1.29, 1.82) is 5.26 Å². The summed E-state index contributed by atoms with van der Waals surface area (Å²) in [6.45, 7) is 0. The molecule has 17 heavy (non-hydrogen) atoms. The van der Waals surface area contributed by atoms with Crippen molar-refractivity contribution in [3.05, 3.63) is 46.6 Å². The van der Waals surface area contributed by atoms with E-state index in [-0.39, 0.29) is 5.69 Å². The van der Waals surface area contributed by atoms with Crippen LogP contribution < -0.4 is 5.32 Å². The van der Waals surface area contributed by atoms with Crippen molar-refractivity contribution in [1.82, 2.24) is 9.97 Å². The molecule has 0 fully saturated rings. The van der Waals surface area contributed by atoms with Gasteiger partial charge >= 0.3 is 0 Å². The average Bonchev–Trinajstić information content (AvgIpc) is 2.34. The Hall–Kier alpha value is -2.00. The molecule has 1 heterocycles. The van der Waals surface area contributed by atoms with Gasteiger partial charge in [0.25, 0.3) is 0 Å². The van der Waals surface area contributed by atoms with Gasteiger partial charge in [0, 0.05) is 4.47 Å². The number of hydrogen-bond acceptors (Lipinski definition) is 4. The van der Waals surface area contributed by atoms with E-state index in [1.165, 1.54) is 18.5 Å². The van der Waals surface area contributed by atoms with Gasteiger partial charge in [0.1, 0.15) is 17.7 Å². The molecule has 0 radical (unpaired) electrons. The van der Waals surface area contributed by atoms with E-state index < -0.39 is 5.82 Å². The average molecular weight is 293 g/mol. The lowest BCUT2D eigenvalue weighted by Gasteiger charge is -2.06. The minimum Gasteiger partial charge on any atom is -0.337 e. The van der Waals surface area contributed by atoms with Crippen molar-refractivity contribution < 1.29 is 4.39 Å². The maximum atomic E-state index is 13.5. The van der Waals surface area contributed by atoms with E-state index in [4.69, 9.17) is 5.26 Å². The number of anilines is 2. The van der Waals surface area contributed by atoms with Crippen molar-refractivity contribution in [2.75, 3.05) is 5.32 Å². The lowest BCUT2D eigenvalue weighted by Crippen LogP contribution is -1.97. The monoisotopic (exact) mass is 292 g/mol. The maximum Gasteiger partial charge on any atom is 0.158 e. The molecule has 0 saturated heterocycles. The van der Waals surface area contributed by atoms with Crippen molar-refractivity contribution in [2.45, 2.75) is 0 Å². The van der Waals surface area contributed by atoms with E-state index >= 15 is 0 Å². The largest absolute Gasteiger partial charge is 0.337 e. The van der Waals surface area contributed by atoms with Crippen LogP contribution in [0.1, 0.15) is 5.69 Å². The van der Waals surface area contributed by atoms with Gasteiger partial charge in [-0.25, -0.2) is 14.4 Å². The highest BCUT2D eigenvalue weighted by Gasteiger charge is 2.04. The van der Waals surface area contributed by atoms with E-state index in [1.54, 1.807) is 12.1 Å². The Morgan fingerprint density at radius 3 is 2.71 bits per heavy atom. The third-order valence-corrected chi connectivity index (χ3v) is 2.45. The van der Waals surface area contributed by atoms with Crippen LogP contribution in [0.3, 0.4) is 0 Å². The van der Waals surface area contributed by atoms with Gasteiger partial charge in [-0.1, -0.05) is 15.9 Å². The zero-order valence-corrected chi connectivity index (χ0v) is 10.1. The molecule has 1 aromatic heterocycles. The van der Waals surface area contributed by atoms with Gasteiger partial charge in [-0.2, -0.15) is 5.26 Å². The molecule has 0 saturated carbocycles. The summed E-state index contributed by atoms with van der Waals surface area (Å²) in [5, 5.41) is 11.3. The molecule has 0 aliphatic rings. The van der Waals surface area contributed by atoms with Crippen molar-refractivity contribution >= 4 is 27.4 Å². The van der Waals surface area contributed by atoms with Crippen LogP contribution in [-0.4, -0.2) is 9.97 Å². The molecule has 0 atom stereocenters. The second-order valence-electron chi connectivity index (χ2n) is 3.15. The molecule has 0 amide bonds. The zero-order chi connectivity index (χ0) is 12.3. The van der Waals surface area contributed by atoms with Gasteiger partial charge in [-0.3, -0.25) is 0 Å². The highest BCUT2D eigenvalue weighted by molar-refractivity contribution is 9.10. The summed E-state index contributed by atoms with van der Waals surface area (Å²) >= 11 is 3.17. The Morgan fingerprint density at radius 1 is 1.29 bits per heavy atom. The lowest BCUT2D eigenvalue weighted by atomic mass is 10.3. The fourth-order valence-electron chi connectivity index (χ4n) is 1.18. The molecule has 84 valence electrons. The number of rotatable bonds is 2. The summed E-state index contributed by atoms with van der Waals surface area (Å²) in [7, 11) is 0.